The van der Waals surface area contributed by atoms with Crippen LogP contribution in [0.3, 0.4) is 0 Å². The summed E-state index contributed by atoms with van der Waals surface area (Å²) in [6.45, 7) is 31.3. The van der Waals surface area contributed by atoms with Crippen LogP contribution in [-0.2, 0) is 18.0 Å². The third-order valence-electron chi connectivity index (χ3n) is 9.35. The van der Waals surface area contributed by atoms with Gasteiger partial charge in [-0.25, -0.2) is 9.18 Å². The summed E-state index contributed by atoms with van der Waals surface area (Å²) in [4.78, 5) is 15.7. The lowest BCUT2D eigenvalue weighted by atomic mass is 10.1. The maximum Gasteiger partial charge on any atom is 0.328 e. The Labute approximate surface area is 243 Å². The molecule has 4 atom stereocenters. The SMILES string of the molecule is CC(C)(C)[Si](C)(C)OC[C@@]1(F)O[C@@H](n2ccc(=S)[nH]c2=O)C(O[Si](C)(C)C(C)(C)C)C1O[Si](C)(C)C(C)(C)C. The molecule has 0 radical (unpaired) electrons. The molecule has 0 aliphatic carbocycles. The second-order valence-electron chi connectivity index (χ2n) is 15.5. The highest BCUT2D eigenvalue weighted by Crippen LogP contribution is 2.50. The summed E-state index contributed by atoms with van der Waals surface area (Å²) in [5.41, 5.74) is -0.489. The van der Waals surface area contributed by atoms with E-state index in [2.05, 4.69) is 107 Å². The zero-order valence-electron chi connectivity index (χ0n) is 26.9. The van der Waals surface area contributed by atoms with Gasteiger partial charge in [0.25, 0.3) is 5.85 Å². The highest BCUT2D eigenvalue weighted by Gasteiger charge is 2.63. The van der Waals surface area contributed by atoms with E-state index in [1.165, 1.54) is 10.8 Å². The van der Waals surface area contributed by atoms with E-state index in [9.17, 15) is 4.79 Å². The topological polar surface area (TPSA) is 74.7 Å². The Morgan fingerprint density at radius 3 is 1.82 bits per heavy atom. The fraction of sp³-hybridized carbons (Fsp3) is 0.852. The minimum absolute atomic E-state index is 0.126. The number of ether oxygens (including phenoxy) is 1. The maximum absolute atomic E-state index is 17.4. The second-order valence-corrected chi connectivity index (χ2v) is 30.3. The van der Waals surface area contributed by atoms with Crippen LogP contribution in [0.4, 0.5) is 4.39 Å². The Kier molecular flexibility index (Phi) is 9.77. The van der Waals surface area contributed by atoms with Crippen LogP contribution < -0.4 is 5.69 Å². The van der Waals surface area contributed by atoms with E-state index in [-0.39, 0.29) is 26.4 Å². The normalized spacial score (nSPS) is 25.8. The van der Waals surface area contributed by atoms with Crippen molar-refractivity contribution in [3.8, 4) is 0 Å². The molecule has 2 heterocycles. The molecule has 0 aromatic carbocycles. The van der Waals surface area contributed by atoms with Crippen LogP contribution in [-0.4, -0.2) is 59.2 Å². The van der Waals surface area contributed by atoms with Gasteiger partial charge in [-0.1, -0.05) is 74.5 Å². The van der Waals surface area contributed by atoms with Gasteiger partial charge in [0.1, 0.15) is 16.8 Å². The first-order chi connectivity index (χ1) is 17.2. The molecule has 0 bridgehead atoms. The number of aromatic amines is 1. The van der Waals surface area contributed by atoms with Crippen molar-refractivity contribution in [2.24, 2.45) is 0 Å². The van der Waals surface area contributed by atoms with E-state index < -0.39 is 54.9 Å². The van der Waals surface area contributed by atoms with Crippen molar-refractivity contribution in [3.05, 3.63) is 27.4 Å². The Bertz CT molecular complexity index is 1130. The average Bonchev–Trinajstić information content (AvgIpc) is 2.95. The Morgan fingerprint density at radius 1 is 0.923 bits per heavy atom. The lowest BCUT2D eigenvalue weighted by Crippen LogP contribution is -2.57. The molecule has 1 aromatic heterocycles. The average molecular weight is 621 g/mol. The van der Waals surface area contributed by atoms with E-state index in [1.807, 2.05) is 0 Å². The fourth-order valence-electron chi connectivity index (χ4n) is 3.47. The highest BCUT2D eigenvalue weighted by molar-refractivity contribution is 7.71. The van der Waals surface area contributed by atoms with E-state index in [4.69, 9.17) is 30.2 Å². The Hall–Kier alpha value is -0.479. The zero-order valence-corrected chi connectivity index (χ0v) is 30.7. The lowest BCUT2D eigenvalue weighted by molar-refractivity contribution is -0.202. The number of nitrogens with zero attached hydrogens (tertiary/aromatic N) is 1. The standard InChI is InChI=1S/C27H53FN2O5SSi3/c1-24(2,3)37(10,11)32-18-27(28)21(35-39(14,15)26(7,8)9)20(34-38(12,13)25(4,5)6)22(33-27)30-17-16-19(36)29-23(30)31/h16-17,20-22H,18H2,1-15H3,(H,29,31,36)/t20?,21?,22-,27-/m1/s1. The van der Waals surface area contributed by atoms with Crippen LogP contribution in [0.1, 0.15) is 68.5 Å². The van der Waals surface area contributed by atoms with Gasteiger partial charge in [-0.2, -0.15) is 0 Å². The number of H-pyrrole nitrogens is 1. The van der Waals surface area contributed by atoms with Crippen LogP contribution in [0.15, 0.2) is 17.1 Å². The molecular formula is C27H53FN2O5SSi3. The smallest absolute Gasteiger partial charge is 0.328 e. The summed E-state index contributed by atoms with van der Waals surface area (Å²) in [5, 5.41) is -0.485. The summed E-state index contributed by atoms with van der Waals surface area (Å²) in [6.07, 6.45) is -1.51. The molecular weight excluding hydrogens is 568 g/mol. The number of hydrogen-bond acceptors (Lipinski definition) is 6. The number of rotatable bonds is 8. The molecule has 2 unspecified atom stereocenters. The molecule has 0 saturated carbocycles. The molecule has 39 heavy (non-hydrogen) atoms. The number of nitrogens with one attached hydrogen (secondary N) is 1. The van der Waals surface area contributed by atoms with Crippen molar-refractivity contribution >= 4 is 37.2 Å². The third kappa shape index (κ3) is 7.49. The molecule has 1 saturated heterocycles. The van der Waals surface area contributed by atoms with E-state index >= 15 is 4.39 Å². The van der Waals surface area contributed by atoms with Crippen molar-refractivity contribution < 1.29 is 22.4 Å². The summed E-state index contributed by atoms with van der Waals surface area (Å²) in [5.74, 6) is -2.34. The van der Waals surface area contributed by atoms with E-state index in [1.54, 1.807) is 6.07 Å². The van der Waals surface area contributed by atoms with Crippen molar-refractivity contribution in [1.29, 1.82) is 0 Å². The first-order valence-electron chi connectivity index (χ1n) is 13.8. The van der Waals surface area contributed by atoms with Gasteiger partial charge in [0.05, 0.1) is 6.61 Å². The van der Waals surface area contributed by atoms with Gasteiger partial charge >= 0.3 is 5.69 Å². The van der Waals surface area contributed by atoms with Gasteiger partial charge in [0, 0.05) is 6.20 Å². The van der Waals surface area contributed by atoms with E-state index in [0.29, 0.717) is 0 Å². The summed E-state index contributed by atoms with van der Waals surface area (Å²) in [7, 11) is -7.35. The van der Waals surface area contributed by atoms with Crippen LogP contribution in [0.25, 0.3) is 0 Å². The zero-order chi connectivity index (χ0) is 30.6. The first kappa shape index (κ1) is 34.7. The molecule has 226 valence electrons. The van der Waals surface area contributed by atoms with Gasteiger partial charge in [-0.05, 0) is 60.5 Å². The fourth-order valence-corrected chi connectivity index (χ4v) is 7.18. The van der Waals surface area contributed by atoms with Crippen molar-refractivity contribution in [3.63, 3.8) is 0 Å². The third-order valence-corrected chi connectivity index (χ3v) is 23.0. The predicted octanol–water partition coefficient (Wildman–Crippen LogP) is 7.90. The number of halogens is 1. The molecule has 7 nitrogen and oxygen atoms in total. The molecule has 0 spiro atoms. The second kappa shape index (κ2) is 11.0. The van der Waals surface area contributed by atoms with Crippen molar-refractivity contribution in [2.45, 2.75) is 141 Å². The van der Waals surface area contributed by atoms with Crippen molar-refractivity contribution in [2.75, 3.05) is 6.61 Å². The van der Waals surface area contributed by atoms with Gasteiger partial charge in [0.15, 0.2) is 31.2 Å². The largest absolute Gasteiger partial charge is 0.411 e. The van der Waals surface area contributed by atoms with Crippen molar-refractivity contribution in [1.82, 2.24) is 9.55 Å². The van der Waals surface area contributed by atoms with Crippen LogP contribution in [0.2, 0.25) is 54.4 Å². The lowest BCUT2D eigenvalue weighted by Gasteiger charge is -2.45. The van der Waals surface area contributed by atoms with Gasteiger partial charge in [-0.3, -0.25) is 9.55 Å². The van der Waals surface area contributed by atoms with Crippen LogP contribution >= 0.6 is 12.2 Å². The predicted molar refractivity (Wildman–Crippen MR) is 167 cm³/mol. The summed E-state index contributed by atoms with van der Waals surface area (Å²) < 4.78 is 45.5. The maximum atomic E-state index is 17.4. The molecule has 2 rings (SSSR count). The number of aromatic nitrogens is 2. The van der Waals surface area contributed by atoms with Crippen LogP contribution in [0, 0.1) is 4.64 Å². The Balaban J connectivity index is 2.74. The molecule has 12 heteroatoms. The number of alkyl halides is 1. The highest BCUT2D eigenvalue weighted by atomic mass is 32.1. The Morgan fingerprint density at radius 2 is 1.38 bits per heavy atom. The van der Waals surface area contributed by atoms with Gasteiger partial charge in [-0.15, -0.1) is 0 Å². The summed E-state index contributed by atoms with van der Waals surface area (Å²) in [6, 6.07) is 1.59. The monoisotopic (exact) mass is 620 g/mol. The molecule has 1 aliphatic rings. The first-order valence-corrected chi connectivity index (χ1v) is 23.0. The van der Waals surface area contributed by atoms with Crippen LogP contribution in [0.5, 0.6) is 0 Å². The minimum Gasteiger partial charge on any atom is -0.411 e. The molecule has 1 aromatic rings. The quantitative estimate of drug-likeness (QED) is 0.235. The van der Waals surface area contributed by atoms with E-state index in [0.717, 1.165) is 0 Å². The van der Waals surface area contributed by atoms with Gasteiger partial charge in [0.2, 0.25) is 0 Å². The molecule has 1 N–H and O–H groups in total. The van der Waals surface area contributed by atoms with Gasteiger partial charge < -0.3 is 18.0 Å². The molecule has 1 aliphatic heterocycles. The molecule has 1 fully saturated rings. The minimum atomic E-state index is -2.53. The molecule has 0 amide bonds. The summed E-state index contributed by atoms with van der Waals surface area (Å²) >= 11 is 5.16. The number of hydrogen-bond donors (Lipinski definition) is 1.